The van der Waals surface area contributed by atoms with Gasteiger partial charge >= 0.3 is 5.97 Å². The van der Waals surface area contributed by atoms with Gasteiger partial charge < -0.3 is 25.1 Å². The number of nitrogens with one attached hydrogen (secondary N) is 1. The van der Waals surface area contributed by atoms with Crippen molar-refractivity contribution in [2.24, 2.45) is 19.5 Å². The van der Waals surface area contributed by atoms with Crippen LogP contribution in [-0.4, -0.2) is 40.6 Å². The maximum atomic E-state index is 12.8. The summed E-state index contributed by atoms with van der Waals surface area (Å²) in [6.45, 7) is 1.35. The van der Waals surface area contributed by atoms with Crippen LogP contribution in [0, 0.1) is 5.41 Å². The zero-order chi connectivity index (χ0) is 25.2. The third-order valence-electron chi connectivity index (χ3n) is 6.50. The highest BCUT2D eigenvalue weighted by molar-refractivity contribution is 9.10. The molecule has 1 aromatic carbocycles. The molecule has 0 amide bonds. The molecule has 1 aliphatic carbocycles. The Morgan fingerprint density at radius 1 is 1.26 bits per heavy atom. The number of carbonyl (C=O) groups excluding carboxylic acids is 1. The van der Waals surface area contributed by atoms with Crippen LogP contribution in [0.15, 0.2) is 45.9 Å². The van der Waals surface area contributed by atoms with Crippen LogP contribution in [0.4, 0.5) is 11.4 Å². The Morgan fingerprint density at radius 2 is 2.03 bits per heavy atom. The molecule has 1 saturated carbocycles. The second-order valence-electron chi connectivity index (χ2n) is 9.07. The SMILES string of the molecule is COC(=O)c1cc(-c2cnn(C)c2OCCCC2(CNc3cc(Br)ccc3N)CC2)c(=O)n(C)c1. The second-order valence-corrected chi connectivity index (χ2v) is 9.99. The molecule has 0 radical (unpaired) electrons. The summed E-state index contributed by atoms with van der Waals surface area (Å²) >= 11 is 3.49. The summed E-state index contributed by atoms with van der Waals surface area (Å²) in [6, 6.07) is 7.34. The van der Waals surface area contributed by atoms with Crippen LogP contribution in [0.3, 0.4) is 0 Å². The van der Waals surface area contributed by atoms with E-state index < -0.39 is 5.97 Å². The summed E-state index contributed by atoms with van der Waals surface area (Å²) in [5.41, 5.74) is 8.94. The van der Waals surface area contributed by atoms with Gasteiger partial charge in [-0.3, -0.25) is 4.79 Å². The summed E-state index contributed by atoms with van der Waals surface area (Å²) < 4.78 is 14.9. The van der Waals surface area contributed by atoms with E-state index in [-0.39, 0.29) is 16.5 Å². The van der Waals surface area contributed by atoms with E-state index in [1.165, 1.54) is 36.8 Å². The molecule has 1 fully saturated rings. The number of rotatable bonds is 10. The summed E-state index contributed by atoms with van der Waals surface area (Å²) in [5, 5.41) is 7.77. The fourth-order valence-corrected chi connectivity index (χ4v) is 4.55. The molecule has 0 saturated heterocycles. The first kappa shape index (κ1) is 24.8. The zero-order valence-electron chi connectivity index (χ0n) is 20.1. The van der Waals surface area contributed by atoms with Crippen molar-refractivity contribution in [2.45, 2.75) is 25.7 Å². The zero-order valence-corrected chi connectivity index (χ0v) is 21.7. The number of hydrogen-bond donors (Lipinski definition) is 2. The lowest BCUT2D eigenvalue weighted by molar-refractivity contribution is 0.0599. The minimum absolute atomic E-state index is 0.245. The number of nitrogen functional groups attached to an aromatic ring is 1. The predicted octanol–water partition coefficient (Wildman–Crippen LogP) is 3.97. The lowest BCUT2D eigenvalue weighted by Gasteiger charge is -2.18. The molecular weight excluding hydrogens is 514 g/mol. The second kappa shape index (κ2) is 10.2. The molecule has 0 aliphatic heterocycles. The number of pyridine rings is 1. The highest BCUT2D eigenvalue weighted by Crippen LogP contribution is 2.49. The minimum Gasteiger partial charge on any atom is -0.477 e. The first-order valence-electron chi connectivity index (χ1n) is 11.5. The number of esters is 1. The quantitative estimate of drug-likeness (QED) is 0.226. The lowest BCUT2D eigenvalue weighted by Crippen LogP contribution is -2.21. The number of nitrogens with zero attached hydrogens (tertiary/aromatic N) is 3. The Hall–Kier alpha value is -3.27. The van der Waals surface area contributed by atoms with Gasteiger partial charge in [-0.05, 0) is 55.4 Å². The van der Waals surface area contributed by atoms with Crippen LogP contribution < -0.4 is 21.3 Å². The first-order chi connectivity index (χ1) is 16.7. The highest BCUT2D eigenvalue weighted by Gasteiger charge is 2.41. The van der Waals surface area contributed by atoms with Gasteiger partial charge in [0, 0.05) is 31.3 Å². The molecule has 0 bridgehead atoms. The molecule has 35 heavy (non-hydrogen) atoms. The van der Waals surface area contributed by atoms with E-state index in [1.807, 2.05) is 18.2 Å². The first-order valence-corrected chi connectivity index (χ1v) is 12.3. The molecule has 4 rings (SSSR count). The molecule has 3 aromatic rings. The van der Waals surface area contributed by atoms with Crippen molar-refractivity contribution in [2.75, 3.05) is 31.3 Å². The van der Waals surface area contributed by atoms with Crippen LogP contribution in [0.2, 0.25) is 0 Å². The van der Waals surface area contributed by atoms with Gasteiger partial charge in [0.15, 0.2) is 0 Å². The number of methoxy groups -OCH3 is 1. The summed E-state index contributed by atoms with van der Waals surface area (Å²) in [6.07, 6.45) is 7.25. The van der Waals surface area contributed by atoms with Crippen LogP contribution in [0.1, 0.15) is 36.0 Å². The number of nitrogens with two attached hydrogens (primary N) is 1. The van der Waals surface area contributed by atoms with Gasteiger partial charge in [0.25, 0.3) is 5.56 Å². The van der Waals surface area contributed by atoms with E-state index in [4.69, 9.17) is 15.2 Å². The standard InChI is InChI=1S/C25H30BrN5O4/c1-30-14-16(24(33)34-3)11-18(22(30)32)19-13-29-31(2)23(19)35-10-4-7-25(8-9-25)15-28-21-12-17(26)5-6-20(21)27/h5-6,11-14,28H,4,7-10,15,27H2,1-3H3. The number of halogens is 1. The summed E-state index contributed by atoms with van der Waals surface area (Å²) in [5.74, 6) is -0.0184. The smallest absolute Gasteiger partial charge is 0.339 e. The lowest BCUT2D eigenvalue weighted by atomic mass is 10.0. The van der Waals surface area contributed by atoms with Crippen molar-refractivity contribution in [3.8, 4) is 17.0 Å². The van der Waals surface area contributed by atoms with Crippen molar-refractivity contribution in [1.82, 2.24) is 14.3 Å². The molecule has 10 heteroatoms. The topological polar surface area (TPSA) is 113 Å². The van der Waals surface area contributed by atoms with E-state index in [9.17, 15) is 9.59 Å². The van der Waals surface area contributed by atoms with Crippen molar-refractivity contribution in [1.29, 1.82) is 0 Å². The number of benzene rings is 1. The molecule has 0 spiro atoms. The summed E-state index contributed by atoms with van der Waals surface area (Å²) in [7, 11) is 4.67. The van der Waals surface area contributed by atoms with Crippen LogP contribution in [-0.2, 0) is 18.8 Å². The molecule has 3 N–H and O–H groups in total. The molecule has 0 unspecified atom stereocenters. The Bertz CT molecular complexity index is 1300. The number of carbonyl (C=O) groups is 1. The largest absolute Gasteiger partial charge is 0.477 e. The normalized spacial score (nSPS) is 13.9. The molecular formula is C25H30BrN5O4. The molecule has 0 atom stereocenters. The van der Waals surface area contributed by atoms with Gasteiger partial charge in [-0.25, -0.2) is 9.48 Å². The van der Waals surface area contributed by atoms with E-state index in [2.05, 4.69) is 26.3 Å². The third kappa shape index (κ3) is 5.53. The monoisotopic (exact) mass is 543 g/mol. The Kier molecular flexibility index (Phi) is 7.20. The maximum Gasteiger partial charge on any atom is 0.339 e. The molecule has 1 aliphatic rings. The highest BCUT2D eigenvalue weighted by atomic mass is 79.9. The van der Waals surface area contributed by atoms with E-state index >= 15 is 0 Å². The summed E-state index contributed by atoms with van der Waals surface area (Å²) in [4.78, 5) is 24.8. The fraction of sp³-hybridized carbons (Fsp3) is 0.400. The van der Waals surface area contributed by atoms with Crippen LogP contribution in [0.25, 0.3) is 11.1 Å². The number of aryl methyl sites for hydroxylation is 2. The van der Waals surface area contributed by atoms with Crippen molar-refractivity contribution in [3.05, 3.63) is 57.0 Å². The number of ether oxygens (including phenoxy) is 2. The van der Waals surface area contributed by atoms with Crippen LogP contribution in [0.5, 0.6) is 5.88 Å². The van der Waals surface area contributed by atoms with Gasteiger partial charge in [-0.2, -0.15) is 5.10 Å². The Balaban J connectivity index is 1.39. The average molecular weight is 544 g/mol. The van der Waals surface area contributed by atoms with E-state index in [0.717, 1.165) is 35.2 Å². The predicted molar refractivity (Wildman–Crippen MR) is 139 cm³/mol. The molecule has 2 heterocycles. The van der Waals surface area contributed by atoms with Gasteiger partial charge in [0.1, 0.15) is 0 Å². The molecule has 186 valence electrons. The van der Waals surface area contributed by atoms with Crippen LogP contribution >= 0.6 is 15.9 Å². The maximum absolute atomic E-state index is 12.8. The fourth-order valence-electron chi connectivity index (χ4n) is 4.19. The van der Waals surface area contributed by atoms with E-state index in [0.29, 0.717) is 23.6 Å². The third-order valence-corrected chi connectivity index (χ3v) is 6.99. The Morgan fingerprint density at radius 3 is 2.74 bits per heavy atom. The van der Waals surface area contributed by atoms with Crippen molar-refractivity contribution >= 4 is 33.3 Å². The molecule has 9 nitrogen and oxygen atoms in total. The number of aromatic nitrogens is 3. The van der Waals surface area contributed by atoms with E-state index in [1.54, 1.807) is 25.0 Å². The minimum atomic E-state index is -0.513. The van der Waals surface area contributed by atoms with Crippen molar-refractivity contribution in [3.63, 3.8) is 0 Å². The average Bonchev–Trinajstić information content (AvgIpc) is 3.53. The van der Waals surface area contributed by atoms with Gasteiger partial charge in [-0.1, -0.05) is 15.9 Å². The number of hydrogen-bond acceptors (Lipinski definition) is 7. The van der Waals surface area contributed by atoms with Gasteiger partial charge in [0.2, 0.25) is 5.88 Å². The van der Waals surface area contributed by atoms with Gasteiger partial charge in [0.05, 0.1) is 48.0 Å². The molecule has 2 aromatic heterocycles. The Labute approximate surface area is 212 Å². The van der Waals surface area contributed by atoms with Crippen molar-refractivity contribution < 1.29 is 14.3 Å². The van der Waals surface area contributed by atoms with Gasteiger partial charge in [-0.15, -0.1) is 0 Å². The number of anilines is 2.